The smallest absolute Gasteiger partial charge is 0.232 e. The van der Waals surface area contributed by atoms with E-state index in [0.717, 1.165) is 16.5 Å². The van der Waals surface area contributed by atoms with Gasteiger partial charge in [0, 0.05) is 30.0 Å². The van der Waals surface area contributed by atoms with Gasteiger partial charge >= 0.3 is 0 Å². The second-order valence-electron chi connectivity index (χ2n) is 3.99. The first-order chi connectivity index (χ1) is 9.27. The zero-order valence-corrected chi connectivity index (χ0v) is 10.7. The minimum atomic E-state index is -0.0220. The van der Waals surface area contributed by atoms with E-state index in [-0.39, 0.29) is 5.91 Å². The van der Waals surface area contributed by atoms with Crippen LogP contribution in [0, 0.1) is 12.3 Å². The van der Waals surface area contributed by atoms with Gasteiger partial charge in [-0.3, -0.25) is 9.36 Å². The number of hydrogen-bond acceptors (Lipinski definition) is 3. The highest BCUT2D eigenvalue weighted by atomic mass is 16.6. The highest BCUT2D eigenvalue weighted by molar-refractivity contribution is 6.03. The molecule has 96 valence electrons. The summed E-state index contributed by atoms with van der Waals surface area (Å²) in [4.78, 5) is 16.8. The summed E-state index contributed by atoms with van der Waals surface area (Å²) in [6.45, 7) is 0. The SMILES string of the molecule is C#CCCC(=O)n1cc(/C=N/OC)c2ccccc21. The van der Waals surface area contributed by atoms with Gasteiger partial charge in [-0.15, -0.1) is 12.3 Å². The molecule has 0 saturated heterocycles. The molecule has 0 radical (unpaired) electrons. The lowest BCUT2D eigenvalue weighted by molar-refractivity contribution is 0.0910. The van der Waals surface area contributed by atoms with Crippen LogP contribution in [-0.2, 0) is 4.84 Å². The van der Waals surface area contributed by atoms with Crippen LogP contribution in [0.3, 0.4) is 0 Å². The van der Waals surface area contributed by atoms with Crippen molar-refractivity contribution in [3.8, 4) is 12.3 Å². The van der Waals surface area contributed by atoms with Crippen molar-refractivity contribution in [2.45, 2.75) is 12.8 Å². The fraction of sp³-hybridized carbons (Fsp3) is 0.200. The van der Waals surface area contributed by atoms with Crippen LogP contribution < -0.4 is 0 Å². The van der Waals surface area contributed by atoms with Gasteiger partial charge in [0.2, 0.25) is 5.91 Å². The van der Waals surface area contributed by atoms with E-state index in [4.69, 9.17) is 6.42 Å². The van der Waals surface area contributed by atoms with Crippen LogP contribution in [0.4, 0.5) is 0 Å². The zero-order valence-electron chi connectivity index (χ0n) is 10.7. The number of benzene rings is 1. The van der Waals surface area contributed by atoms with Gasteiger partial charge in [0.15, 0.2) is 0 Å². The Balaban J connectivity index is 2.47. The molecule has 2 rings (SSSR count). The maximum atomic E-state index is 12.1. The predicted molar refractivity (Wildman–Crippen MR) is 75.2 cm³/mol. The van der Waals surface area contributed by atoms with Crippen LogP contribution in [0.25, 0.3) is 10.9 Å². The Hall–Kier alpha value is -2.54. The molecule has 0 bridgehead atoms. The number of rotatable bonds is 4. The largest absolute Gasteiger partial charge is 0.399 e. The highest BCUT2D eigenvalue weighted by Crippen LogP contribution is 2.20. The third-order valence-electron chi connectivity index (χ3n) is 2.79. The molecule has 0 atom stereocenters. The third kappa shape index (κ3) is 2.66. The quantitative estimate of drug-likeness (QED) is 0.478. The van der Waals surface area contributed by atoms with E-state index >= 15 is 0 Å². The lowest BCUT2D eigenvalue weighted by Gasteiger charge is -2.01. The molecule has 1 aromatic carbocycles. The second kappa shape index (κ2) is 5.87. The number of fused-ring (bicyclic) bond motifs is 1. The Morgan fingerprint density at radius 1 is 1.53 bits per heavy atom. The van der Waals surface area contributed by atoms with Gasteiger partial charge in [-0.2, -0.15) is 0 Å². The van der Waals surface area contributed by atoms with Gasteiger partial charge in [0.25, 0.3) is 0 Å². The molecule has 1 aromatic heterocycles. The first kappa shape index (κ1) is 12.9. The summed E-state index contributed by atoms with van der Waals surface area (Å²) in [5.74, 6) is 2.45. The maximum Gasteiger partial charge on any atom is 0.232 e. The molecule has 0 saturated carbocycles. The van der Waals surface area contributed by atoms with E-state index in [1.807, 2.05) is 24.3 Å². The molecule has 0 aliphatic rings. The number of aromatic nitrogens is 1. The van der Waals surface area contributed by atoms with Gasteiger partial charge in [-0.05, 0) is 6.07 Å². The number of hydrogen-bond donors (Lipinski definition) is 0. The Morgan fingerprint density at radius 2 is 2.32 bits per heavy atom. The van der Waals surface area contributed by atoms with Crippen molar-refractivity contribution in [1.82, 2.24) is 4.57 Å². The number of nitrogens with zero attached hydrogens (tertiary/aromatic N) is 2. The summed E-state index contributed by atoms with van der Waals surface area (Å²) in [5.41, 5.74) is 1.69. The molecule has 0 aliphatic heterocycles. The minimum Gasteiger partial charge on any atom is -0.399 e. The molecule has 0 spiro atoms. The highest BCUT2D eigenvalue weighted by Gasteiger charge is 2.11. The average molecular weight is 254 g/mol. The Bertz CT molecular complexity index is 662. The van der Waals surface area contributed by atoms with Crippen LogP contribution in [-0.4, -0.2) is 23.8 Å². The van der Waals surface area contributed by atoms with E-state index in [9.17, 15) is 4.79 Å². The van der Waals surface area contributed by atoms with Crippen molar-refractivity contribution >= 4 is 23.0 Å². The summed E-state index contributed by atoms with van der Waals surface area (Å²) < 4.78 is 1.61. The lowest BCUT2D eigenvalue weighted by atomic mass is 10.2. The predicted octanol–water partition coefficient (Wildman–Crippen LogP) is 2.68. The monoisotopic (exact) mass is 254 g/mol. The number of carbonyl (C=O) groups excluding carboxylic acids is 1. The van der Waals surface area contributed by atoms with E-state index in [2.05, 4.69) is 15.9 Å². The topological polar surface area (TPSA) is 43.6 Å². The van der Waals surface area contributed by atoms with E-state index in [1.165, 1.54) is 7.11 Å². The van der Waals surface area contributed by atoms with Gasteiger partial charge in [-0.25, -0.2) is 0 Å². The lowest BCUT2D eigenvalue weighted by Crippen LogP contribution is -2.08. The number of carbonyl (C=O) groups is 1. The van der Waals surface area contributed by atoms with Crippen LogP contribution >= 0.6 is 0 Å². The number of terminal acetylenes is 1. The summed E-state index contributed by atoms with van der Waals surface area (Å²) in [6.07, 6.45) is 9.30. The molecule has 2 aromatic rings. The summed E-state index contributed by atoms with van der Waals surface area (Å²) in [7, 11) is 1.48. The summed E-state index contributed by atoms with van der Waals surface area (Å²) in [5, 5.41) is 4.70. The van der Waals surface area contributed by atoms with Crippen LogP contribution in [0.15, 0.2) is 35.6 Å². The van der Waals surface area contributed by atoms with Crippen molar-refractivity contribution in [3.63, 3.8) is 0 Å². The molecule has 4 nitrogen and oxygen atoms in total. The molecule has 0 unspecified atom stereocenters. The normalized spacial score (nSPS) is 10.7. The van der Waals surface area contributed by atoms with Crippen molar-refractivity contribution in [2.75, 3.05) is 7.11 Å². The molecular weight excluding hydrogens is 240 g/mol. The van der Waals surface area contributed by atoms with Crippen molar-refractivity contribution in [1.29, 1.82) is 0 Å². The first-order valence-electron chi connectivity index (χ1n) is 5.91. The molecule has 4 heteroatoms. The fourth-order valence-electron chi connectivity index (χ4n) is 1.92. The fourth-order valence-corrected chi connectivity index (χ4v) is 1.92. The number of oxime groups is 1. The zero-order chi connectivity index (χ0) is 13.7. The van der Waals surface area contributed by atoms with Crippen LogP contribution in [0.5, 0.6) is 0 Å². The first-order valence-corrected chi connectivity index (χ1v) is 5.91. The molecule has 19 heavy (non-hydrogen) atoms. The average Bonchev–Trinajstić information content (AvgIpc) is 2.81. The maximum absolute atomic E-state index is 12.1. The molecule has 0 aliphatic carbocycles. The minimum absolute atomic E-state index is 0.0220. The molecular formula is C15H14N2O2. The third-order valence-corrected chi connectivity index (χ3v) is 2.79. The van der Waals surface area contributed by atoms with Crippen LogP contribution in [0.2, 0.25) is 0 Å². The van der Waals surface area contributed by atoms with Gasteiger partial charge in [0.05, 0.1) is 11.7 Å². The molecule has 0 fully saturated rings. The van der Waals surface area contributed by atoms with Crippen molar-refractivity contribution in [3.05, 3.63) is 36.0 Å². The Kier molecular flexibility index (Phi) is 3.99. The summed E-state index contributed by atoms with van der Waals surface area (Å²) in [6, 6.07) is 7.65. The number of para-hydroxylation sites is 1. The molecule has 0 N–H and O–H groups in total. The summed E-state index contributed by atoms with van der Waals surface area (Å²) >= 11 is 0. The Morgan fingerprint density at radius 3 is 3.05 bits per heavy atom. The second-order valence-corrected chi connectivity index (χ2v) is 3.99. The van der Waals surface area contributed by atoms with Crippen LogP contribution in [0.1, 0.15) is 23.2 Å². The molecule has 0 amide bonds. The van der Waals surface area contributed by atoms with Gasteiger partial charge < -0.3 is 4.84 Å². The standard InChI is InChI=1S/C15H14N2O2/c1-3-4-9-15(18)17-11-12(10-16-19-2)13-7-5-6-8-14(13)17/h1,5-8,10-11H,4,9H2,2H3/b16-10+. The van der Waals surface area contributed by atoms with Crippen molar-refractivity contribution in [2.24, 2.45) is 5.16 Å². The van der Waals surface area contributed by atoms with E-state index < -0.39 is 0 Å². The van der Waals surface area contributed by atoms with E-state index in [0.29, 0.717) is 12.8 Å². The van der Waals surface area contributed by atoms with Gasteiger partial charge in [0.1, 0.15) is 7.11 Å². The van der Waals surface area contributed by atoms with E-state index in [1.54, 1.807) is 17.0 Å². The van der Waals surface area contributed by atoms with Gasteiger partial charge in [-0.1, -0.05) is 23.4 Å². The molecule has 1 heterocycles. The Labute approximate surface area is 111 Å². The van der Waals surface area contributed by atoms with Crippen molar-refractivity contribution < 1.29 is 9.63 Å².